The Bertz CT molecular complexity index is 785. The first-order valence-corrected chi connectivity index (χ1v) is 8.21. The smallest absolute Gasteiger partial charge is 0.330 e. The van der Waals surface area contributed by atoms with Crippen molar-refractivity contribution in [3.05, 3.63) is 68.5 Å². The van der Waals surface area contributed by atoms with E-state index in [0.29, 0.717) is 18.7 Å². The van der Waals surface area contributed by atoms with E-state index < -0.39 is 23.6 Å². The summed E-state index contributed by atoms with van der Waals surface area (Å²) in [5.41, 5.74) is 0.631. The number of rotatable bonds is 8. The van der Waals surface area contributed by atoms with Crippen LogP contribution in [0.2, 0.25) is 0 Å². The number of likely N-dealkylation sites (N-methyl/N-ethyl adjacent to an activating group) is 1. The molecule has 1 aromatic carbocycles. The van der Waals surface area contributed by atoms with Gasteiger partial charge in [-0.15, -0.1) is 0 Å². The summed E-state index contributed by atoms with van der Waals surface area (Å²) in [6, 6.07) is 9.96. The van der Waals surface area contributed by atoms with E-state index in [4.69, 9.17) is 4.74 Å². The lowest BCUT2D eigenvalue weighted by molar-refractivity contribution is -0.0800. The van der Waals surface area contributed by atoms with Gasteiger partial charge in [-0.3, -0.25) is 19.2 Å². The zero-order valence-electron chi connectivity index (χ0n) is 14.8. The maximum absolute atomic E-state index is 12.2. The molecule has 0 aliphatic heterocycles. The first-order valence-electron chi connectivity index (χ1n) is 8.21. The molecule has 0 saturated carbocycles. The van der Waals surface area contributed by atoms with Crippen molar-refractivity contribution in [2.75, 3.05) is 20.2 Å². The number of aromatic nitrogens is 2. The van der Waals surface area contributed by atoms with Crippen LogP contribution in [0.25, 0.3) is 0 Å². The topological polar surface area (TPSA) is 87.6 Å². The highest BCUT2D eigenvalue weighted by atomic mass is 16.5. The average Bonchev–Trinajstić information content (AvgIpc) is 2.58. The molecule has 7 heteroatoms. The lowest BCUT2D eigenvalue weighted by Crippen LogP contribution is -2.40. The first-order chi connectivity index (χ1) is 11.9. The standard InChI is InChI=1S/C18H25N3O4/c1-13-9-21(18(24)19-17(13)23)16(25-14(2)12-22)11-20(3)10-15-7-5-4-6-8-15/h4-9,14,16,22H,10-12H2,1-3H3,(H,19,23,24). The summed E-state index contributed by atoms with van der Waals surface area (Å²) >= 11 is 0. The van der Waals surface area contributed by atoms with Gasteiger partial charge in [0.1, 0.15) is 0 Å². The van der Waals surface area contributed by atoms with E-state index in [1.54, 1.807) is 13.8 Å². The van der Waals surface area contributed by atoms with E-state index in [9.17, 15) is 14.7 Å². The maximum Gasteiger partial charge on any atom is 0.330 e. The van der Waals surface area contributed by atoms with Gasteiger partial charge >= 0.3 is 5.69 Å². The van der Waals surface area contributed by atoms with Gasteiger partial charge in [-0.2, -0.15) is 0 Å². The number of aliphatic hydroxyl groups excluding tert-OH is 1. The van der Waals surface area contributed by atoms with E-state index in [1.807, 2.05) is 42.3 Å². The summed E-state index contributed by atoms with van der Waals surface area (Å²) < 4.78 is 7.18. The first kappa shape index (κ1) is 19.1. The van der Waals surface area contributed by atoms with Crippen molar-refractivity contribution in [1.29, 1.82) is 0 Å². The Morgan fingerprint density at radius 1 is 1.28 bits per heavy atom. The van der Waals surface area contributed by atoms with E-state index in [2.05, 4.69) is 4.98 Å². The van der Waals surface area contributed by atoms with Crippen LogP contribution in [0.1, 0.15) is 24.3 Å². The molecule has 2 rings (SSSR count). The summed E-state index contributed by atoms with van der Waals surface area (Å²) in [4.78, 5) is 28.1. The number of H-pyrrole nitrogens is 1. The molecule has 2 unspecified atom stereocenters. The Balaban J connectivity index is 2.22. The molecule has 0 aliphatic carbocycles. The van der Waals surface area contributed by atoms with Crippen molar-refractivity contribution in [2.24, 2.45) is 0 Å². The number of nitrogens with zero attached hydrogens (tertiary/aromatic N) is 2. The molecule has 25 heavy (non-hydrogen) atoms. The molecule has 1 heterocycles. The van der Waals surface area contributed by atoms with Crippen molar-refractivity contribution in [1.82, 2.24) is 14.5 Å². The Hall–Kier alpha value is -2.22. The highest BCUT2D eigenvalue weighted by Gasteiger charge is 2.19. The van der Waals surface area contributed by atoms with Gasteiger partial charge in [-0.1, -0.05) is 30.3 Å². The van der Waals surface area contributed by atoms with Crippen LogP contribution >= 0.6 is 0 Å². The Morgan fingerprint density at radius 2 is 1.96 bits per heavy atom. The molecule has 7 nitrogen and oxygen atoms in total. The van der Waals surface area contributed by atoms with Crippen molar-refractivity contribution < 1.29 is 9.84 Å². The van der Waals surface area contributed by atoms with Crippen molar-refractivity contribution in [2.45, 2.75) is 32.7 Å². The third-order valence-electron chi connectivity index (χ3n) is 3.87. The Kier molecular flexibility index (Phi) is 6.69. The number of aryl methyl sites for hydroxylation is 1. The van der Waals surface area contributed by atoms with Gasteiger partial charge in [0.05, 0.1) is 12.7 Å². The van der Waals surface area contributed by atoms with E-state index in [0.717, 1.165) is 5.56 Å². The number of ether oxygens (including phenoxy) is 1. The minimum Gasteiger partial charge on any atom is -0.394 e. The number of hydrogen-bond acceptors (Lipinski definition) is 5. The third kappa shape index (κ3) is 5.38. The zero-order chi connectivity index (χ0) is 18.4. The monoisotopic (exact) mass is 347 g/mol. The van der Waals surface area contributed by atoms with Crippen molar-refractivity contribution in [3.63, 3.8) is 0 Å². The normalized spacial score (nSPS) is 13.8. The second-order valence-corrected chi connectivity index (χ2v) is 6.24. The van der Waals surface area contributed by atoms with Crippen molar-refractivity contribution in [3.8, 4) is 0 Å². The van der Waals surface area contributed by atoms with E-state index >= 15 is 0 Å². The molecule has 0 saturated heterocycles. The SMILES string of the molecule is Cc1cn(C(CN(C)Cc2ccccc2)OC(C)CO)c(=O)[nH]c1=O. The quantitative estimate of drug-likeness (QED) is 0.740. The number of benzene rings is 1. The van der Waals surface area contributed by atoms with Gasteiger partial charge in [-0.25, -0.2) is 4.79 Å². The molecule has 0 aliphatic rings. The maximum atomic E-state index is 12.2. The van der Waals surface area contributed by atoms with Crippen molar-refractivity contribution >= 4 is 0 Å². The molecule has 0 fully saturated rings. The minimum atomic E-state index is -0.626. The fourth-order valence-electron chi connectivity index (χ4n) is 2.53. The Morgan fingerprint density at radius 3 is 2.60 bits per heavy atom. The third-order valence-corrected chi connectivity index (χ3v) is 3.87. The second-order valence-electron chi connectivity index (χ2n) is 6.24. The van der Waals surface area contributed by atoms with Crippen LogP contribution in [-0.2, 0) is 11.3 Å². The molecular formula is C18H25N3O4. The number of nitrogens with one attached hydrogen (secondary N) is 1. The molecule has 0 radical (unpaired) electrons. The zero-order valence-corrected chi connectivity index (χ0v) is 14.8. The van der Waals surface area contributed by atoms with Crippen LogP contribution in [0.15, 0.2) is 46.1 Å². The number of aromatic amines is 1. The Labute approximate surface area is 146 Å². The molecule has 1 aromatic heterocycles. The fraction of sp³-hybridized carbons (Fsp3) is 0.444. The fourth-order valence-corrected chi connectivity index (χ4v) is 2.53. The molecule has 2 aromatic rings. The summed E-state index contributed by atoms with van der Waals surface area (Å²) in [6.07, 6.45) is 0.430. The molecule has 2 N–H and O–H groups in total. The van der Waals surface area contributed by atoms with Crippen LogP contribution in [-0.4, -0.2) is 45.9 Å². The predicted molar refractivity (Wildman–Crippen MR) is 95.5 cm³/mol. The van der Waals surface area contributed by atoms with Crippen LogP contribution < -0.4 is 11.2 Å². The summed E-state index contributed by atoms with van der Waals surface area (Å²) in [6.45, 7) is 4.31. The van der Waals surface area contributed by atoms with Crippen LogP contribution in [0.5, 0.6) is 0 Å². The molecular weight excluding hydrogens is 322 g/mol. The summed E-state index contributed by atoms with van der Waals surface area (Å²) in [5, 5.41) is 9.28. The van der Waals surface area contributed by atoms with Crippen LogP contribution in [0.3, 0.4) is 0 Å². The van der Waals surface area contributed by atoms with Gasteiger partial charge in [0.25, 0.3) is 5.56 Å². The minimum absolute atomic E-state index is 0.157. The number of aliphatic hydroxyl groups is 1. The lowest BCUT2D eigenvalue weighted by atomic mass is 10.2. The largest absolute Gasteiger partial charge is 0.394 e. The van der Waals surface area contributed by atoms with Gasteiger partial charge < -0.3 is 9.84 Å². The lowest BCUT2D eigenvalue weighted by Gasteiger charge is -2.28. The average molecular weight is 347 g/mol. The van der Waals surface area contributed by atoms with E-state index in [1.165, 1.54) is 10.8 Å². The summed E-state index contributed by atoms with van der Waals surface area (Å²) in [5.74, 6) is 0. The predicted octanol–water partition coefficient (Wildman–Crippen LogP) is 0.873. The van der Waals surface area contributed by atoms with Gasteiger partial charge in [0.15, 0.2) is 6.23 Å². The highest BCUT2D eigenvalue weighted by molar-refractivity contribution is 5.14. The van der Waals surface area contributed by atoms with Crippen LogP contribution in [0.4, 0.5) is 0 Å². The van der Waals surface area contributed by atoms with Gasteiger partial charge in [0.2, 0.25) is 0 Å². The highest BCUT2D eigenvalue weighted by Crippen LogP contribution is 2.13. The molecule has 2 atom stereocenters. The number of hydrogen-bond donors (Lipinski definition) is 2. The summed E-state index contributed by atoms with van der Waals surface area (Å²) in [7, 11) is 1.93. The molecule has 0 bridgehead atoms. The molecule has 0 spiro atoms. The molecule has 0 amide bonds. The van der Waals surface area contributed by atoms with Gasteiger partial charge in [-0.05, 0) is 26.5 Å². The second kappa shape index (κ2) is 8.75. The molecule has 136 valence electrons. The van der Waals surface area contributed by atoms with Gasteiger partial charge in [0, 0.05) is 24.8 Å². The van der Waals surface area contributed by atoms with E-state index in [-0.39, 0.29) is 6.61 Å². The van der Waals surface area contributed by atoms with Crippen LogP contribution in [0, 0.1) is 6.92 Å².